The summed E-state index contributed by atoms with van der Waals surface area (Å²) in [5.74, 6) is 0.261. The zero-order chi connectivity index (χ0) is 25.2. The van der Waals surface area contributed by atoms with E-state index in [2.05, 4.69) is 0 Å². The Bertz CT molecular complexity index is 1180. The number of rotatable bonds is 7. The van der Waals surface area contributed by atoms with E-state index in [0.717, 1.165) is 24.0 Å². The second-order valence-corrected chi connectivity index (χ2v) is 11.5. The Labute approximate surface area is 208 Å². The molecule has 1 aliphatic heterocycles. The molecule has 0 radical (unpaired) electrons. The average Bonchev–Trinajstić information content (AvgIpc) is 3.70. The molecular weight excluding hydrogens is 464 g/mol. The lowest BCUT2D eigenvalue weighted by atomic mass is 10.0. The van der Waals surface area contributed by atoms with Gasteiger partial charge in [-0.3, -0.25) is 4.79 Å². The molecule has 1 amide bonds. The van der Waals surface area contributed by atoms with Crippen molar-refractivity contribution in [3.8, 4) is 5.75 Å². The van der Waals surface area contributed by atoms with Crippen LogP contribution in [0.4, 0.5) is 0 Å². The lowest BCUT2D eigenvalue weighted by Gasteiger charge is -2.37. The number of aliphatic hydroxyl groups excluding tert-OH is 1. The molecule has 0 aromatic heterocycles. The van der Waals surface area contributed by atoms with Crippen LogP contribution in [0, 0.1) is 11.8 Å². The highest BCUT2D eigenvalue weighted by atomic mass is 32.2. The van der Waals surface area contributed by atoms with Crippen LogP contribution in [0.3, 0.4) is 0 Å². The topological polar surface area (TPSA) is 87.2 Å². The zero-order valence-electron chi connectivity index (χ0n) is 20.5. The van der Waals surface area contributed by atoms with Gasteiger partial charge in [0, 0.05) is 31.5 Å². The number of hydrogen-bond donors (Lipinski definition) is 1. The first-order chi connectivity index (χ1) is 16.7. The summed E-state index contributed by atoms with van der Waals surface area (Å²) in [6.45, 7) is 3.89. The Kier molecular flexibility index (Phi) is 7.64. The molecule has 35 heavy (non-hydrogen) atoms. The standard InChI is InChI=1S/C27H34N2O5S/c1-19-16-29(20(2)18-30)35(32,33)26-14-11-22(10-9-21-7-5-4-6-8-21)15-24(26)34-25(19)17-28(3)27(31)23-12-13-23/h4-11,14-15,19-20,23,25,30H,12-13,16-18H2,1-3H3/b10-9+/t19-,20+,25+/m1/s1. The van der Waals surface area contributed by atoms with Gasteiger partial charge in [-0.05, 0) is 43.0 Å². The van der Waals surface area contributed by atoms with Crippen LogP contribution < -0.4 is 4.74 Å². The number of likely N-dealkylation sites (N-methyl/N-ethyl adjacent to an activating group) is 1. The fourth-order valence-electron chi connectivity index (χ4n) is 4.32. The van der Waals surface area contributed by atoms with Gasteiger partial charge >= 0.3 is 0 Å². The van der Waals surface area contributed by atoms with Crippen LogP contribution in [0.15, 0.2) is 53.4 Å². The van der Waals surface area contributed by atoms with E-state index in [1.807, 2.05) is 49.4 Å². The number of hydrogen-bond acceptors (Lipinski definition) is 5. The maximum atomic E-state index is 13.6. The quantitative estimate of drug-likeness (QED) is 0.591. The van der Waals surface area contributed by atoms with Gasteiger partial charge in [0.05, 0.1) is 13.2 Å². The van der Waals surface area contributed by atoms with Crippen LogP contribution in [0.1, 0.15) is 37.8 Å². The molecule has 2 aromatic carbocycles. The minimum Gasteiger partial charge on any atom is -0.487 e. The Balaban J connectivity index is 1.70. The SMILES string of the molecule is C[C@@H]1CN([C@@H](C)CO)S(=O)(=O)c2ccc(/C=C/c3ccccc3)cc2O[C@H]1CN(C)C(=O)C1CC1. The molecule has 2 aliphatic rings. The first-order valence-corrected chi connectivity index (χ1v) is 13.6. The summed E-state index contributed by atoms with van der Waals surface area (Å²) >= 11 is 0. The van der Waals surface area contributed by atoms with Crippen molar-refractivity contribution < 1.29 is 23.1 Å². The molecule has 0 saturated heterocycles. The first kappa shape index (κ1) is 25.4. The molecule has 2 aromatic rings. The molecule has 3 atom stereocenters. The first-order valence-electron chi connectivity index (χ1n) is 12.1. The van der Waals surface area contributed by atoms with E-state index >= 15 is 0 Å². The van der Waals surface area contributed by atoms with Gasteiger partial charge in [0.1, 0.15) is 16.7 Å². The van der Waals surface area contributed by atoms with Gasteiger partial charge in [-0.25, -0.2) is 8.42 Å². The van der Waals surface area contributed by atoms with Gasteiger partial charge in [0.25, 0.3) is 0 Å². The Morgan fingerprint density at radius 2 is 1.86 bits per heavy atom. The highest BCUT2D eigenvalue weighted by molar-refractivity contribution is 7.89. The average molecular weight is 499 g/mol. The largest absolute Gasteiger partial charge is 0.487 e. The summed E-state index contributed by atoms with van der Waals surface area (Å²) in [6.07, 6.45) is 5.31. The van der Waals surface area contributed by atoms with Crippen LogP contribution in [-0.4, -0.2) is 67.5 Å². The molecule has 188 valence electrons. The molecule has 1 aliphatic carbocycles. The van der Waals surface area contributed by atoms with E-state index < -0.39 is 22.2 Å². The molecule has 1 N–H and O–H groups in total. The summed E-state index contributed by atoms with van der Waals surface area (Å²) in [4.78, 5) is 14.4. The minimum atomic E-state index is -3.90. The van der Waals surface area contributed by atoms with E-state index in [1.54, 1.807) is 37.1 Å². The van der Waals surface area contributed by atoms with Crippen LogP contribution >= 0.6 is 0 Å². The molecule has 0 unspecified atom stereocenters. The van der Waals surface area contributed by atoms with Crippen molar-refractivity contribution in [1.82, 2.24) is 9.21 Å². The molecule has 4 rings (SSSR count). The van der Waals surface area contributed by atoms with Gasteiger partial charge in [-0.1, -0.05) is 55.5 Å². The summed E-state index contributed by atoms with van der Waals surface area (Å²) in [5, 5.41) is 9.79. The highest BCUT2D eigenvalue weighted by Crippen LogP contribution is 2.35. The summed E-state index contributed by atoms with van der Waals surface area (Å²) in [6, 6.07) is 14.3. The Hall–Kier alpha value is -2.68. The summed E-state index contributed by atoms with van der Waals surface area (Å²) < 4.78 is 34.9. The van der Waals surface area contributed by atoms with E-state index in [4.69, 9.17) is 4.74 Å². The fourth-order valence-corrected chi connectivity index (χ4v) is 6.15. The number of carbonyl (C=O) groups excluding carboxylic acids is 1. The van der Waals surface area contributed by atoms with Gasteiger partial charge < -0.3 is 14.7 Å². The molecular formula is C27H34N2O5S. The van der Waals surface area contributed by atoms with Crippen LogP contribution in [0.5, 0.6) is 5.75 Å². The zero-order valence-corrected chi connectivity index (χ0v) is 21.3. The third-order valence-electron chi connectivity index (χ3n) is 6.72. The molecule has 0 spiro atoms. The number of ether oxygens (including phenoxy) is 1. The van der Waals surface area contributed by atoms with Crippen LogP contribution in [0.2, 0.25) is 0 Å². The second kappa shape index (κ2) is 10.5. The van der Waals surface area contributed by atoms with Crippen molar-refractivity contribution in [3.63, 3.8) is 0 Å². The van der Waals surface area contributed by atoms with E-state index in [9.17, 15) is 18.3 Å². The van der Waals surface area contributed by atoms with Crippen molar-refractivity contribution >= 4 is 28.1 Å². The maximum absolute atomic E-state index is 13.6. The number of fused-ring (bicyclic) bond motifs is 1. The highest BCUT2D eigenvalue weighted by Gasteiger charge is 2.39. The number of benzene rings is 2. The van der Waals surface area contributed by atoms with Gasteiger partial charge in [0.15, 0.2) is 0 Å². The van der Waals surface area contributed by atoms with Crippen molar-refractivity contribution in [3.05, 3.63) is 59.7 Å². The molecule has 1 fully saturated rings. The predicted octanol–water partition coefficient (Wildman–Crippen LogP) is 3.49. The molecule has 0 bridgehead atoms. The van der Waals surface area contributed by atoms with Crippen molar-refractivity contribution in [2.24, 2.45) is 11.8 Å². The third-order valence-corrected chi connectivity index (χ3v) is 8.74. The lowest BCUT2D eigenvalue weighted by molar-refractivity contribution is -0.132. The number of sulfonamides is 1. The second-order valence-electron chi connectivity index (χ2n) is 9.68. The fraction of sp³-hybridized carbons (Fsp3) is 0.444. The molecule has 8 heteroatoms. The van der Waals surface area contributed by atoms with Crippen LogP contribution in [-0.2, 0) is 14.8 Å². The number of nitrogens with zero attached hydrogens (tertiary/aromatic N) is 2. The summed E-state index contributed by atoms with van der Waals surface area (Å²) in [5.41, 5.74) is 1.83. The van der Waals surface area contributed by atoms with Crippen molar-refractivity contribution in [1.29, 1.82) is 0 Å². The Morgan fingerprint density at radius 1 is 1.17 bits per heavy atom. The predicted molar refractivity (Wildman–Crippen MR) is 136 cm³/mol. The normalized spacial score (nSPS) is 23.1. The Morgan fingerprint density at radius 3 is 2.51 bits per heavy atom. The lowest BCUT2D eigenvalue weighted by Crippen LogP contribution is -2.50. The minimum absolute atomic E-state index is 0.0720. The maximum Gasteiger partial charge on any atom is 0.247 e. The molecule has 1 saturated carbocycles. The van der Waals surface area contributed by atoms with Crippen molar-refractivity contribution in [2.45, 2.75) is 43.7 Å². The van der Waals surface area contributed by atoms with Gasteiger partial charge in [-0.2, -0.15) is 4.31 Å². The van der Waals surface area contributed by atoms with Crippen LogP contribution in [0.25, 0.3) is 12.2 Å². The van der Waals surface area contributed by atoms with Gasteiger partial charge in [0.2, 0.25) is 15.9 Å². The molecule has 7 nitrogen and oxygen atoms in total. The number of amides is 1. The molecule has 1 heterocycles. The third kappa shape index (κ3) is 5.77. The number of aliphatic hydroxyl groups is 1. The monoisotopic (exact) mass is 498 g/mol. The van der Waals surface area contributed by atoms with E-state index in [1.165, 1.54) is 4.31 Å². The summed E-state index contributed by atoms with van der Waals surface area (Å²) in [7, 11) is -2.12. The van der Waals surface area contributed by atoms with E-state index in [0.29, 0.717) is 6.54 Å². The smallest absolute Gasteiger partial charge is 0.247 e. The van der Waals surface area contributed by atoms with Crippen molar-refractivity contribution in [2.75, 3.05) is 26.7 Å². The van der Waals surface area contributed by atoms with E-state index in [-0.39, 0.29) is 41.5 Å². The van der Waals surface area contributed by atoms with Gasteiger partial charge in [-0.15, -0.1) is 0 Å². The number of carbonyl (C=O) groups is 1.